The molecule has 0 aliphatic carbocycles. The Morgan fingerprint density at radius 3 is 2.41 bits per heavy atom. The number of aromatic nitrogens is 1. The van der Waals surface area contributed by atoms with Gasteiger partial charge in [-0.05, 0) is 62.2 Å². The van der Waals surface area contributed by atoms with E-state index in [0.717, 1.165) is 45.2 Å². The maximum absolute atomic E-state index is 5.67. The molecule has 4 aromatic rings. The number of ether oxygens (including phenoxy) is 1. The van der Waals surface area contributed by atoms with Crippen LogP contribution in [0.15, 0.2) is 90.1 Å². The molecule has 4 rings (SSSR count). The first-order valence-electron chi connectivity index (χ1n) is 10.7. The molecular weight excluding hydrogens is 396 g/mol. The fourth-order valence-electron chi connectivity index (χ4n) is 3.89. The predicted octanol–water partition coefficient (Wildman–Crippen LogP) is 6.71. The minimum atomic E-state index is 0.443. The number of methoxy groups -OCH3 is 1. The van der Waals surface area contributed by atoms with Crippen molar-refractivity contribution in [2.75, 3.05) is 7.11 Å². The Labute approximate surface area is 189 Å². The lowest BCUT2D eigenvalue weighted by molar-refractivity contribution is 0.130. The van der Waals surface area contributed by atoms with E-state index in [9.17, 15) is 0 Å². The topological polar surface area (TPSA) is 35.8 Å². The van der Waals surface area contributed by atoms with Crippen molar-refractivity contribution < 1.29 is 9.57 Å². The lowest BCUT2D eigenvalue weighted by Crippen LogP contribution is -2.03. The average Bonchev–Trinajstić information content (AvgIpc) is 3.17. The van der Waals surface area contributed by atoms with Gasteiger partial charge in [0.15, 0.2) is 0 Å². The van der Waals surface area contributed by atoms with Crippen LogP contribution in [0.3, 0.4) is 0 Å². The average molecular weight is 425 g/mol. The number of aryl methyl sites for hydroxylation is 1. The lowest BCUT2D eigenvalue weighted by atomic mass is 10.1. The van der Waals surface area contributed by atoms with Gasteiger partial charge in [0.05, 0.1) is 18.5 Å². The van der Waals surface area contributed by atoms with Crippen molar-refractivity contribution >= 4 is 5.71 Å². The Balaban J connectivity index is 1.75. The van der Waals surface area contributed by atoms with Gasteiger partial charge in [-0.2, -0.15) is 0 Å². The monoisotopic (exact) mass is 424 g/mol. The highest BCUT2D eigenvalue weighted by atomic mass is 16.6. The molecule has 1 aromatic heterocycles. The van der Waals surface area contributed by atoms with Gasteiger partial charge >= 0.3 is 0 Å². The van der Waals surface area contributed by atoms with Crippen LogP contribution >= 0.6 is 0 Å². The lowest BCUT2D eigenvalue weighted by Gasteiger charge is -2.14. The van der Waals surface area contributed by atoms with Gasteiger partial charge in [0.25, 0.3) is 0 Å². The molecule has 0 unspecified atom stereocenters. The van der Waals surface area contributed by atoms with Crippen molar-refractivity contribution in [2.24, 2.45) is 5.16 Å². The van der Waals surface area contributed by atoms with Gasteiger partial charge in [-0.25, -0.2) is 0 Å². The minimum Gasteiger partial charge on any atom is -0.497 e. The summed E-state index contributed by atoms with van der Waals surface area (Å²) < 4.78 is 7.74. The zero-order valence-corrected chi connectivity index (χ0v) is 19.0. The summed E-state index contributed by atoms with van der Waals surface area (Å²) in [6.07, 6.45) is 0. The van der Waals surface area contributed by atoms with Gasteiger partial charge in [0.1, 0.15) is 12.4 Å². The van der Waals surface area contributed by atoms with E-state index in [1.165, 1.54) is 5.56 Å². The first kappa shape index (κ1) is 21.4. The highest BCUT2D eigenvalue weighted by molar-refractivity contribution is 6.01. The van der Waals surface area contributed by atoms with Crippen LogP contribution in [0.5, 0.6) is 5.75 Å². The molecule has 0 N–H and O–H groups in total. The van der Waals surface area contributed by atoms with Crippen molar-refractivity contribution in [1.29, 1.82) is 0 Å². The summed E-state index contributed by atoms with van der Waals surface area (Å²) in [5, 5.41) is 4.42. The number of hydrogen-bond acceptors (Lipinski definition) is 3. The standard InChI is InChI=1S/C28H28N2O2/c1-20-10-8-14-25(16-20)30-22(3)27(18-28(30)24-13-9-15-26(17-24)31-4)21(2)29-32-19-23-11-6-5-7-12-23/h5-18H,19H2,1-4H3/b29-21-. The van der Waals surface area contributed by atoms with Crippen LogP contribution in [0, 0.1) is 13.8 Å². The smallest absolute Gasteiger partial charge is 0.142 e. The van der Waals surface area contributed by atoms with Crippen LogP contribution in [-0.4, -0.2) is 17.4 Å². The maximum Gasteiger partial charge on any atom is 0.142 e. The van der Waals surface area contributed by atoms with E-state index in [-0.39, 0.29) is 0 Å². The molecule has 0 saturated carbocycles. The molecule has 1 heterocycles. The van der Waals surface area contributed by atoms with Gasteiger partial charge < -0.3 is 14.1 Å². The molecule has 4 heteroatoms. The molecule has 0 radical (unpaired) electrons. The first-order valence-corrected chi connectivity index (χ1v) is 10.7. The molecule has 0 fully saturated rings. The molecule has 4 nitrogen and oxygen atoms in total. The first-order chi connectivity index (χ1) is 15.6. The second-order valence-electron chi connectivity index (χ2n) is 7.87. The SMILES string of the molecule is COc1cccc(-c2cc(/C(C)=N\OCc3ccccc3)c(C)n2-c2cccc(C)c2)c1. The van der Waals surface area contributed by atoms with Crippen LogP contribution in [-0.2, 0) is 11.4 Å². The number of oxime groups is 1. The normalized spacial score (nSPS) is 11.4. The number of benzene rings is 3. The molecule has 0 amide bonds. The summed E-state index contributed by atoms with van der Waals surface area (Å²) in [5.74, 6) is 0.829. The van der Waals surface area contributed by atoms with Gasteiger partial charge in [0.2, 0.25) is 0 Å². The number of nitrogens with zero attached hydrogens (tertiary/aromatic N) is 2. The molecule has 0 saturated heterocycles. The van der Waals surface area contributed by atoms with Crippen molar-refractivity contribution in [3.8, 4) is 22.7 Å². The van der Waals surface area contributed by atoms with Crippen LogP contribution in [0.2, 0.25) is 0 Å². The van der Waals surface area contributed by atoms with Crippen molar-refractivity contribution in [3.63, 3.8) is 0 Å². The molecule has 0 spiro atoms. The predicted molar refractivity (Wildman–Crippen MR) is 131 cm³/mol. The summed E-state index contributed by atoms with van der Waals surface area (Å²) in [6.45, 7) is 6.66. The Morgan fingerprint density at radius 1 is 0.875 bits per heavy atom. The second-order valence-corrected chi connectivity index (χ2v) is 7.87. The molecule has 0 atom stereocenters. The van der Waals surface area contributed by atoms with E-state index >= 15 is 0 Å². The fraction of sp³-hybridized carbons (Fsp3) is 0.179. The van der Waals surface area contributed by atoms with E-state index in [2.05, 4.69) is 66.0 Å². The number of hydrogen-bond donors (Lipinski definition) is 0. The molecule has 32 heavy (non-hydrogen) atoms. The maximum atomic E-state index is 5.67. The van der Waals surface area contributed by atoms with E-state index in [1.807, 2.05) is 49.4 Å². The van der Waals surface area contributed by atoms with E-state index in [1.54, 1.807) is 7.11 Å². The van der Waals surface area contributed by atoms with Crippen LogP contribution in [0.4, 0.5) is 0 Å². The highest BCUT2D eigenvalue weighted by Crippen LogP contribution is 2.32. The molecule has 162 valence electrons. The summed E-state index contributed by atoms with van der Waals surface area (Å²) in [6, 6.07) is 28.9. The Bertz CT molecular complexity index is 1240. The third kappa shape index (κ3) is 4.59. The second kappa shape index (κ2) is 9.56. The summed E-state index contributed by atoms with van der Waals surface area (Å²) in [5.41, 5.74) is 8.59. The Kier molecular flexibility index (Phi) is 6.41. The van der Waals surface area contributed by atoms with Gasteiger partial charge in [-0.3, -0.25) is 0 Å². The summed E-state index contributed by atoms with van der Waals surface area (Å²) >= 11 is 0. The Morgan fingerprint density at radius 2 is 1.66 bits per heavy atom. The van der Waals surface area contributed by atoms with Crippen molar-refractivity contribution in [3.05, 3.63) is 107 Å². The van der Waals surface area contributed by atoms with Crippen LogP contribution < -0.4 is 4.74 Å². The quantitative estimate of drug-likeness (QED) is 0.244. The molecule has 0 aliphatic heterocycles. The minimum absolute atomic E-state index is 0.443. The molecule has 0 aliphatic rings. The molecular formula is C28H28N2O2. The molecule has 3 aromatic carbocycles. The van der Waals surface area contributed by atoms with Gasteiger partial charge in [-0.1, -0.05) is 59.8 Å². The fourth-order valence-corrected chi connectivity index (χ4v) is 3.89. The van der Waals surface area contributed by atoms with Crippen LogP contribution in [0.1, 0.15) is 29.3 Å². The van der Waals surface area contributed by atoms with E-state index < -0.39 is 0 Å². The third-order valence-corrected chi connectivity index (χ3v) is 5.54. The van der Waals surface area contributed by atoms with Crippen molar-refractivity contribution in [2.45, 2.75) is 27.4 Å². The van der Waals surface area contributed by atoms with Crippen LogP contribution in [0.25, 0.3) is 16.9 Å². The third-order valence-electron chi connectivity index (χ3n) is 5.54. The van der Waals surface area contributed by atoms with Crippen molar-refractivity contribution in [1.82, 2.24) is 4.57 Å². The zero-order valence-electron chi connectivity index (χ0n) is 19.0. The highest BCUT2D eigenvalue weighted by Gasteiger charge is 2.17. The molecule has 0 bridgehead atoms. The summed E-state index contributed by atoms with van der Waals surface area (Å²) in [4.78, 5) is 5.67. The van der Waals surface area contributed by atoms with Gasteiger partial charge in [-0.15, -0.1) is 0 Å². The van der Waals surface area contributed by atoms with E-state index in [4.69, 9.17) is 9.57 Å². The largest absolute Gasteiger partial charge is 0.497 e. The summed E-state index contributed by atoms with van der Waals surface area (Å²) in [7, 11) is 1.69. The van der Waals surface area contributed by atoms with Gasteiger partial charge in [0, 0.05) is 22.5 Å². The van der Waals surface area contributed by atoms with E-state index in [0.29, 0.717) is 6.61 Å². The number of rotatable bonds is 7. The zero-order chi connectivity index (χ0) is 22.5. The Hall–Kier alpha value is -3.79.